The largest absolute Gasteiger partial charge is 0.309 e. The van der Waals surface area contributed by atoms with E-state index in [1.165, 1.54) is 82.6 Å². The molecule has 0 unspecified atom stereocenters. The van der Waals surface area contributed by atoms with Crippen LogP contribution in [0, 0.1) is 0 Å². The van der Waals surface area contributed by atoms with Crippen LogP contribution in [0.2, 0.25) is 0 Å². The highest BCUT2D eigenvalue weighted by Gasteiger charge is 2.25. The van der Waals surface area contributed by atoms with E-state index in [-0.39, 0.29) is 0 Å². The Bertz CT molecular complexity index is 2050. The molecule has 1 heteroatoms. The summed E-state index contributed by atoms with van der Waals surface area (Å²) >= 11 is 0. The summed E-state index contributed by atoms with van der Waals surface area (Å²) in [7, 11) is 0. The Hall–Kier alpha value is -4.36. The molecule has 9 rings (SSSR count). The van der Waals surface area contributed by atoms with Crippen molar-refractivity contribution >= 4 is 38.1 Å². The van der Waals surface area contributed by atoms with Crippen molar-refractivity contribution in [2.75, 3.05) is 0 Å². The van der Waals surface area contributed by atoms with E-state index >= 15 is 0 Å². The van der Waals surface area contributed by atoms with Crippen molar-refractivity contribution in [2.24, 2.45) is 0 Å². The zero-order valence-corrected chi connectivity index (χ0v) is 19.2. The van der Waals surface area contributed by atoms with E-state index in [1.54, 1.807) is 0 Å². The lowest BCUT2D eigenvalue weighted by atomic mass is 9.93. The van der Waals surface area contributed by atoms with E-state index in [0.717, 1.165) is 12.8 Å². The third-order valence-corrected chi connectivity index (χ3v) is 8.37. The molecule has 0 N–H and O–H groups in total. The van der Waals surface area contributed by atoms with Crippen molar-refractivity contribution in [3.63, 3.8) is 0 Å². The molecule has 162 valence electrons. The van der Waals surface area contributed by atoms with Gasteiger partial charge in [-0.3, -0.25) is 0 Å². The summed E-state index contributed by atoms with van der Waals surface area (Å²) in [6.07, 6.45) is 2.03. The van der Waals surface area contributed by atoms with Gasteiger partial charge in [-0.1, -0.05) is 78.9 Å². The van der Waals surface area contributed by atoms with Gasteiger partial charge in [-0.25, -0.2) is 0 Å². The SMILES string of the molecule is c1ccc2c(c1)Cc1cc3c4ccc5c(c4c4cc6ccccc6n4c3cc1-2)-c1ccccc1C5. The average molecular weight is 444 g/mol. The molecule has 2 heterocycles. The van der Waals surface area contributed by atoms with Gasteiger partial charge in [0.05, 0.1) is 16.6 Å². The van der Waals surface area contributed by atoms with Crippen LogP contribution < -0.4 is 0 Å². The maximum atomic E-state index is 2.52. The molecule has 1 nitrogen and oxygen atoms in total. The fourth-order valence-electron chi connectivity index (χ4n) is 6.89. The van der Waals surface area contributed by atoms with Gasteiger partial charge in [0.2, 0.25) is 0 Å². The van der Waals surface area contributed by atoms with Gasteiger partial charge in [-0.15, -0.1) is 0 Å². The number of pyridine rings is 1. The van der Waals surface area contributed by atoms with E-state index in [9.17, 15) is 0 Å². The Morgan fingerprint density at radius 3 is 2.11 bits per heavy atom. The van der Waals surface area contributed by atoms with Crippen LogP contribution in [0.4, 0.5) is 0 Å². The van der Waals surface area contributed by atoms with Gasteiger partial charge in [0.25, 0.3) is 0 Å². The summed E-state index contributed by atoms with van der Waals surface area (Å²) in [5.41, 5.74) is 15.3. The van der Waals surface area contributed by atoms with E-state index in [0.29, 0.717) is 0 Å². The maximum absolute atomic E-state index is 2.52. The fraction of sp³-hybridized carbons (Fsp3) is 0.0588. The third kappa shape index (κ3) is 2.19. The van der Waals surface area contributed by atoms with Gasteiger partial charge in [0.15, 0.2) is 0 Å². The molecular formula is C34H21N. The summed E-state index contributed by atoms with van der Waals surface area (Å²) in [6, 6.07) is 38.8. The molecule has 0 amide bonds. The first-order chi connectivity index (χ1) is 17.3. The minimum absolute atomic E-state index is 1.02. The predicted molar refractivity (Wildman–Crippen MR) is 146 cm³/mol. The number of rotatable bonds is 0. The summed E-state index contributed by atoms with van der Waals surface area (Å²) < 4.78 is 2.52. The molecule has 0 atom stereocenters. The first-order valence-corrected chi connectivity index (χ1v) is 12.5. The Morgan fingerprint density at radius 2 is 1.20 bits per heavy atom. The molecule has 0 radical (unpaired) electrons. The second-order valence-electron chi connectivity index (χ2n) is 10.1. The number of hydrogen-bond donors (Lipinski definition) is 0. The van der Waals surface area contributed by atoms with Crippen molar-refractivity contribution in [1.82, 2.24) is 4.40 Å². The van der Waals surface area contributed by atoms with Crippen LogP contribution in [0.25, 0.3) is 60.3 Å². The number of benzene rings is 5. The average Bonchev–Trinajstić information content (AvgIpc) is 3.58. The lowest BCUT2D eigenvalue weighted by Gasteiger charge is -2.16. The van der Waals surface area contributed by atoms with Gasteiger partial charge in [0, 0.05) is 16.2 Å². The predicted octanol–water partition coefficient (Wildman–Crippen LogP) is 8.54. The van der Waals surface area contributed by atoms with Crippen LogP contribution in [0.5, 0.6) is 0 Å². The molecule has 0 saturated heterocycles. The minimum atomic E-state index is 1.02. The molecule has 5 aromatic carbocycles. The van der Waals surface area contributed by atoms with Crippen molar-refractivity contribution < 1.29 is 0 Å². The minimum Gasteiger partial charge on any atom is -0.309 e. The smallest absolute Gasteiger partial charge is 0.0553 e. The van der Waals surface area contributed by atoms with Crippen LogP contribution in [0.1, 0.15) is 22.3 Å². The topological polar surface area (TPSA) is 4.41 Å². The van der Waals surface area contributed by atoms with Gasteiger partial charge in [0.1, 0.15) is 0 Å². The van der Waals surface area contributed by atoms with Crippen LogP contribution in [-0.4, -0.2) is 4.40 Å². The number of aromatic nitrogens is 1. The first-order valence-electron chi connectivity index (χ1n) is 12.5. The molecule has 0 fully saturated rings. The van der Waals surface area contributed by atoms with E-state index in [2.05, 4.69) is 108 Å². The second-order valence-corrected chi connectivity index (χ2v) is 10.1. The monoisotopic (exact) mass is 443 g/mol. The third-order valence-electron chi connectivity index (χ3n) is 8.37. The summed E-state index contributed by atoms with van der Waals surface area (Å²) in [5, 5.41) is 5.41. The number of hydrogen-bond acceptors (Lipinski definition) is 0. The van der Waals surface area contributed by atoms with E-state index in [4.69, 9.17) is 0 Å². The first kappa shape index (κ1) is 18.0. The molecular weight excluding hydrogens is 422 g/mol. The summed E-state index contributed by atoms with van der Waals surface area (Å²) in [6.45, 7) is 0. The van der Waals surface area contributed by atoms with Crippen LogP contribution in [-0.2, 0) is 12.8 Å². The summed E-state index contributed by atoms with van der Waals surface area (Å²) in [5.74, 6) is 0. The maximum Gasteiger partial charge on any atom is 0.0553 e. The van der Waals surface area contributed by atoms with Gasteiger partial charge < -0.3 is 4.40 Å². The van der Waals surface area contributed by atoms with Crippen LogP contribution in [0.15, 0.2) is 103 Å². The van der Waals surface area contributed by atoms with E-state index < -0.39 is 0 Å². The molecule has 2 aliphatic carbocycles. The van der Waals surface area contributed by atoms with Gasteiger partial charge in [-0.05, 0) is 87.0 Å². The molecule has 2 aromatic heterocycles. The number of nitrogens with zero attached hydrogens (tertiary/aromatic N) is 1. The van der Waals surface area contributed by atoms with Crippen molar-refractivity contribution in [1.29, 1.82) is 0 Å². The van der Waals surface area contributed by atoms with Gasteiger partial charge in [-0.2, -0.15) is 0 Å². The standard InChI is InChI=1S/C34H21N/c1-4-10-25-20(7-1)16-24-17-29-27-14-13-23-15-21-8-2-5-11-26(21)33(23)34(27)32-18-22-9-3-6-12-30(22)35(32)31(29)19-28(24)25/h1-14,17-19H,15-16H2. The highest BCUT2D eigenvalue weighted by molar-refractivity contribution is 6.22. The normalized spacial score (nSPS) is 13.5. The van der Waals surface area contributed by atoms with Crippen LogP contribution >= 0.6 is 0 Å². The molecule has 0 saturated carbocycles. The molecule has 0 spiro atoms. The van der Waals surface area contributed by atoms with Crippen molar-refractivity contribution in [2.45, 2.75) is 12.8 Å². The highest BCUT2D eigenvalue weighted by atomic mass is 14.9. The molecule has 35 heavy (non-hydrogen) atoms. The Balaban J connectivity index is 1.54. The van der Waals surface area contributed by atoms with Crippen molar-refractivity contribution in [3.8, 4) is 22.3 Å². The molecule has 0 aliphatic heterocycles. The Morgan fingerprint density at radius 1 is 0.457 bits per heavy atom. The zero-order valence-electron chi connectivity index (χ0n) is 19.2. The molecule has 7 aromatic rings. The molecule has 0 bridgehead atoms. The Kier molecular flexibility index (Phi) is 3.19. The number of fused-ring (bicyclic) bond motifs is 15. The summed E-state index contributed by atoms with van der Waals surface area (Å²) in [4.78, 5) is 0. The molecule has 2 aliphatic rings. The fourth-order valence-corrected chi connectivity index (χ4v) is 6.89. The second kappa shape index (κ2) is 6.20. The quantitative estimate of drug-likeness (QED) is 0.207. The Labute approximate surface area is 202 Å². The lowest BCUT2D eigenvalue weighted by molar-refractivity contribution is 1.26. The zero-order chi connectivity index (χ0) is 22.7. The van der Waals surface area contributed by atoms with Gasteiger partial charge >= 0.3 is 0 Å². The highest BCUT2D eigenvalue weighted by Crippen LogP contribution is 2.47. The van der Waals surface area contributed by atoms with Crippen LogP contribution in [0.3, 0.4) is 0 Å². The van der Waals surface area contributed by atoms with Crippen molar-refractivity contribution in [3.05, 3.63) is 125 Å². The number of para-hydroxylation sites is 1. The van der Waals surface area contributed by atoms with E-state index in [1.807, 2.05) is 0 Å². The lowest BCUT2D eigenvalue weighted by Crippen LogP contribution is -1.95.